The third kappa shape index (κ3) is 2.16. The molecule has 2 atom stereocenters. The van der Waals surface area contributed by atoms with E-state index < -0.39 is 10.0 Å². The van der Waals surface area contributed by atoms with Crippen LogP contribution in [0.5, 0.6) is 0 Å². The molecule has 0 aromatic carbocycles. The molecule has 6 nitrogen and oxygen atoms in total. The van der Waals surface area contributed by atoms with E-state index in [1.807, 2.05) is 0 Å². The number of aromatic nitrogens is 2. The second kappa shape index (κ2) is 4.69. The van der Waals surface area contributed by atoms with Crippen molar-refractivity contribution >= 4 is 21.6 Å². The summed E-state index contributed by atoms with van der Waals surface area (Å²) in [6.07, 6.45) is 2.33. The first-order valence-electron chi connectivity index (χ1n) is 6.77. The van der Waals surface area contributed by atoms with Gasteiger partial charge in [0, 0.05) is 26.2 Å². The summed E-state index contributed by atoms with van der Waals surface area (Å²) >= 11 is 6.09. The fraction of sp³-hybridized carbons (Fsp3) is 0.750. The Bertz CT molecular complexity index is 638. The van der Waals surface area contributed by atoms with Gasteiger partial charge in [0.25, 0.3) is 0 Å². The van der Waals surface area contributed by atoms with Crippen molar-refractivity contribution in [1.29, 1.82) is 0 Å². The Hall–Kier alpha value is -0.630. The maximum atomic E-state index is 12.8. The lowest BCUT2D eigenvalue weighted by Gasteiger charge is -2.16. The van der Waals surface area contributed by atoms with Gasteiger partial charge in [0.2, 0.25) is 10.0 Å². The van der Waals surface area contributed by atoms with E-state index in [1.165, 1.54) is 21.8 Å². The van der Waals surface area contributed by atoms with Crippen molar-refractivity contribution in [3.63, 3.8) is 0 Å². The Labute approximate surface area is 123 Å². The van der Waals surface area contributed by atoms with E-state index >= 15 is 0 Å². The molecule has 0 bridgehead atoms. The van der Waals surface area contributed by atoms with Gasteiger partial charge in [-0.15, -0.1) is 0 Å². The maximum absolute atomic E-state index is 12.8. The fourth-order valence-electron chi connectivity index (χ4n) is 3.07. The van der Waals surface area contributed by atoms with Gasteiger partial charge < -0.3 is 5.73 Å². The van der Waals surface area contributed by atoms with E-state index in [1.54, 1.807) is 14.0 Å². The summed E-state index contributed by atoms with van der Waals surface area (Å²) in [5.41, 5.74) is 6.54. The third-order valence-corrected chi connectivity index (χ3v) is 6.83. The molecule has 1 saturated heterocycles. The summed E-state index contributed by atoms with van der Waals surface area (Å²) in [5.74, 6) is 0.871. The number of nitrogens with zero attached hydrogens (tertiary/aromatic N) is 3. The summed E-state index contributed by atoms with van der Waals surface area (Å²) in [6.45, 7) is 2.53. The molecule has 8 heteroatoms. The molecule has 0 radical (unpaired) electrons. The third-order valence-electron chi connectivity index (χ3n) is 4.30. The van der Waals surface area contributed by atoms with Crippen LogP contribution in [0.3, 0.4) is 0 Å². The predicted octanol–water partition coefficient (Wildman–Crippen LogP) is 0.740. The van der Waals surface area contributed by atoms with Gasteiger partial charge in [0.1, 0.15) is 10.0 Å². The first kappa shape index (κ1) is 14.3. The van der Waals surface area contributed by atoms with Crippen LogP contribution in [0.25, 0.3) is 0 Å². The van der Waals surface area contributed by atoms with E-state index in [2.05, 4.69) is 5.10 Å². The molecule has 2 aliphatic rings. The first-order valence-corrected chi connectivity index (χ1v) is 8.59. The largest absolute Gasteiger partial charge is 0.326 e. The van der Waals surface area contributed by atoms with Gasteiger partial charge in [0.15, 0.2) is 0 Å². The van der Waals surface area contributed by atoms with E-state index in [4.69, 9.17) is 17.3 Å². The van der Waals surface area contributed by atoms with Crippen molar-refractivity contribution in [1.82, 2.24) is 14.1 Å². The highest BCUT2D eigenvalue weighted by molar-refractivity contribution is 7.89. The van der Waals surface area contributed by atoms with Crippen LogP contribution in [-0.4, -0.2) is 41.6 Å². The van der Waals surface area contributed by atoms with Gasteiger partial charge in [-0.05, 0) is 31.6 Å². The lowest BCUT2D eigenvalue weighted by molar-refractivity contribution is 0.428. The van der Waals surface area contributed by atoms with Crippen LogP contribution in [0, 0.1) is 18.8 Å². The van der Waals surface area contributed by atoms with Crippen molar-refractivity contribution in [2.45, 2.75) is 30.7 Å². The molecule has 2 fully saturated rings. The van der Waals surface area contributed by atoms with Crippen LogP contribution in [0.2, 0.25) is 5.15 Å². The highest BCUT2D eigenvalue weighted by atomic mass is 35.5. The number of hydrogen-bond donors (Lipinski definition) is 1. The van der Waals surface area contributed by atoms with Crippen molar-refractivity contribution in [3.8, 4) is 0 Å². The smallest absolute Gasteiger partial charge is 0.248 e. The zero-order chi connectivity index (χ0) is 14.7. The summed E-state index contributed by atoms with van der Waals surface area (Å²) in [5, 5.41) is 4.24. The Morgan fingerprint density at radius 2 is 2.00 bits per heavy atom. The fourth-order valence-corrected chi connectivity index (χ4v) is 5.29. The summed E-state index contributed by atoms with van der Waals surface area (Å²) in [4.78, 5) is 0.116. The van der Waals surface area contributed by atoms with Crippen LogP contribution >= 0.6 is 11.6 Å². The number of sulfonamides is 1. The summed E-state index contributed by atoms with van der Waals surface area (Å²) < 4.78 is 28.4. The standard InChI is InChI=1S/C12H19ClN4O2S/c1-7-11(12(13)16(2)15-7)20(18,19)17-5-9(8-3-4-8)10(14)6-17/h8-10H,3-6,14H2,1-2H3/t9-,10+/m1/s1. The molecule has 112 valence electrons. The summed E-state index contributed by atoms with van der Waals surface area (Å²) in [6, 6.07) is -0.0759. The minimum atomic E-state index is -3.61. The molecule has 1 aliphatic carbocycles. The second-order valence-electron chi connectivity index (χ2n) is 5.82. The highest BCUT2D eigenvalue weighted by Gasteiger charge is 2.45. The molecule has 1 aliphatic heterocycles. The molecular weight excluding hydrogens is 300 g/mol. The van der Waals surface area contributed by atoms with Gasteiger partial charge in [0.05, 0.1) is 5.69 Å². The average molecular weight is 319 g/mol. The zero-order valence-corrected chi connectivity index (χ0v) is 13.2. The predicted molar refractivity (Wildman–Crippen MR) is 75.9 cm³/mol. The van der Waals surface area contributed by atoms with E-state index in [-0.39, 0.29) is 22.0 Å². The van der Waals surface area contributed by atoms with Crippen LogP contribution in [0.1, 0.15) is 18.5 Å². The van der Waals surface area contributed by atoms with Crippen molar-refractivity contribution < 1.29 is 8.42 Å². The Morgan fingerprint density at radius 3 is 2.50 bits per heavy atom. The Kier molecular flexibility index (Phi) is 3.36. The minimum Gasteiger partial charge on any atom is -0.326 e. The lowest BCUT2D eigenvalue weighted by atomic mass is 9.99. The summed E-state index contributed by atoms with van der Waals surface area (Å²) in [7, 11) is -1.98. The van der Waals surface area contributed by atoms with E-state index in [0.29, 0.717) is 24.7 Å². The Morgan fingerprint density at radius 1 is 1.35 bits per heavy atom. The topological polar surface area (TPSA) is 81.2 Å². The van der Waals surface area contributed by atoms with Gasteiger partial charge in [-0.1, -0.05) is 11.6 Å². The second-order valence-corrected chi connectivity index (χ2v) is 8.05. The quantitative estimate of drug-likeness (QED) is 0.891. The number of halogens is 1. The number of hydrogen-bond acceptors (Lipinski definition) is 4. The van der Waals surface area contributed by atoms with Crippen LogP contribution in [-0.2, 0) is 17.1 Å². The van der Waals surface area contributed by atoms with E-state index in [9.17, 15) is 8.42 Å². The molecule has 1 saturated carbocycles. The molecule has 3 rings (SSSR count). The maximum Gasteiger partial charge on any atom is 0.248 e. The molecule has 0 unspecified atom stereocenters. The monoisotopic (exact) mass is 318 g/mol. The molecule has 2 heterocycles. The SMILES string of the molecule is Cc1nn(C)c(Cl)c1S(=O)(=O)N1C[C@H](C2CC2)[C@@H](N)C1. The molecule has 0 spiro atoms. The van der Waals surface area contributed by atoms with Crippen LogP contribution in [0.4, 0.5) is 0 Å². The van der Waals surface area contributed by atoms with Gasteiger partial charge in [-0.2, -0.15) is 9.40 Å². The molecular formula is C12H19ClN4O2S. The van der Waals surface area contributed by atoms with Crippen LogP contribution < -0.4 is 5.73 Å². The van der Waals surface area contributed by atoms with Crippen molar-refractivity contribution in [2.75, 3.05) is 13.1 Å². The number of nitrogens with two attached hydrogens (primary N) is 1. The zero-order valence-electron chi connectivity index (χ0n) is 11.6. The van der Waals surface area contributed by atoms with Gasteiger partial charge in [-0.25, -0.2) is 8.42 Å². The minimum absolute atomic E-state index is 0.0759. The van der Waals surface area contributed by atoms with Gasteiger partial charge in [-0.3, -0.25) is 4.68 Å². The van der Waals surface area contributed by atoms with Crippen molar-refractivity contribution in [3.05, 3.63) is 10.8 Å². The number of aryl methyl sites for hydroxylation is 2. The molecule has 20 heavy (non-hydrogen) atoms. The van der Waals surface area contributed by atoms with Crippen molar-refractivity contribution in [2.24, 2.45) is 24.6 Å². The molecule has 2 N–H and O–H groups in total. The lowest BCUT2D eigenvalue weighted by Crippen LogP contribution is -2.32. The average Bonchev–Trinajstić information content (AvgIpc) is 3.05. The molecule has 1 aromatic heterocycles. The molecule has 0 amide bonds. The number of rotatable bonds is 3. The van der Waals surface area contributed by atoms with Crippen LogP contribution in [0.15, 0.2) is 4.90 Å². The highest BCUT2D eigenvalue weighted by Crippen LogP contribution is 2.42. The van der Waals surface area contributed by atoms with Gasteiger partial charge >= 0.3 is 0 Å². The first-order chi connectivity index (χ1) is 9.32. The Balaban J connectivity index is 1.92. The normalized spacial score (nSPS) is 28.2. The molecule has 1 aromatic rings. The van der Waals surface area contributed by atoms with E-state index in [0.717, 1.165) is 0 Å².